The van der Waals surface area contributed by atoms with Crippen LogP contribution >= 0.6 is 12.2 Å². The fourth-order valence-corrected chi connectivity index (χ4v) is 6.42. The Morgan fingerprint density at radius 3 is 2.51 bits per heavy atom. The van der Waals surface area contributed by atoms with Crippen LogP contribution in [0.15, 0.2) is 59.7 Å². The molecule has 228 valence electrons. The fraction of sp³-hybridized carbons (Fsp3) is 0.406. The van der Waals surface area contributed by atoms with Gasteiger partial charge in [-0.3, -0.25) is 15.0 Å². The Kier molecular flexibility index (Phi) is 10.2. The third-order valence-corrected chi connectivity index (χ3v) is 8.43. The van der Waals surface area contributed by atoms with Crippen molar-refractivity contribution in [3.8, 4) is 0 Å². The van der Waals surface area contributed by atoms with Crippen LogP contribution in [0.4, 0.5) is 0 Å². The highest BCUT2D eigenvalue weighted by atomic mass is 32.1. The number of hydrogen-bond acceptors (Lipinski definition) is 5. The highest BCUT2D eigenvalue weighted by Gasteiger charge is 2.54. The van der Waals surface area contributed by atoms with E-state index in [0.29, 0.717) is 53.8 Å². The highest BCUT2D eigenvalue weighted by molar-refractivity contribution is 7.80. The van der Waals surface area contributed by atoms with Gasteiger partial charge in [-0.05, 0) is 49.0 Å². The standard InChI is InChI=1S/C32H40N6O4S/c1-20(2)17-22(19-35-37-31(43)34-18-21-11-5-4-6-12-21)36-28(39)24-14-9-10-16-32(24,30(33)42)26-23-13-7-8-15-25(23)38(3)27(26)29(40)41/h4-8,11-13,15,19-20,22,24H,9-10,14,16-18H2,1-3H3,(H2,33,42)(H,36,39)(H,40,41)(H2,34,37,43)/t22?,24-,32-/m0/s1. The van der Waals surface area contributed by atoms with E-state index in [-0.39, 0.29) is 23.9 Å². The molecule has 2 amide bonds. The van der Waals surface area contributed by atoms with E-state index in [2.05, 4.69) is 21.2 Å². The van der Waals surface area contributed by atoms with Gasteiger partial charge in [0.15, 0.2) is 5.11 Å². The highest BCUT2D eigenvalue weighted by Crippen LogP contribution is 2.48. The number of thiocarbonyl (C=S) groups is 1. The van der Waals surface area contributed by atoms with Crippen molar-refractivity contribution in [1.82, 2.24) is 20.6 Å². The Balaban J connectivity index is 1.60. The molecule has 11 heteroatoms. The van der Waals surface area contributed by atoms with Gasteiger partial charge in [0.25, 0.3) is 0 Å². The Bertz CT molecular complexity index is 1520. The van der Waals surface area contributed by atoms with Gasteiger partial charge in [0, 0.05) is 36.3 Å². The largest absolute Gasteiger partial charge is 0.477 e. The number of aromatic carboxylic acids is 1. The molecule has 0 aliphatic heterocycles. The van der Waals surface area contributed by atoms with E-state index in [1.165, 1.54) is 0 Å². The molecule has 3 atom stereocenters. The van der Waals surface area contributed by atoms with Gasteiger partial charge in [-0.2, -0.15) is 5.10 Å². The average Bonchev–Trinajstić information content (AvgIpc) is 3.28. The summed E-state index contributed by atoms with van der Waals surface area (Å²) in [6, 6.07) is 16.6. The van der Waals surface area contributed by atoms with Crippen LogP contribution in [0.5, 0.6) is 0 Å². The van der Waals surface area contributed by atoms with E-state index in [9.17, 15) is 19.5 Å². The summed E-state index contributed by atoms with van der Waals surface area (Å²) in [5.74, 6) is -2.86. The summed E-state index contributed by atoms with van der Waals surface area (Å²) in [5, 5.41) is 21.7. The van der Waals surface area contributed by atoms with Gasteiger partial charge in [-0.25, -0.2) is 4.79 Å². The summed E-state index contributed by atoms with van der Waals surface area (Å²) >= 11 is 5.35. The summed E-state index contributed by atoms with van der Waals surface area (Å²) in [6.45, 7) is 4.61. The molecule has 1 aliphatic carbocycles. The summed E-state index contributed by atoms with van der Waals surface area (Å²) in [7, 11) is 1.66. The zero-order chi connectivity index (χ0) is 31.1. The second kappa shape index (κ2) is 13.8. The first-order chi connectivity index (χ1) is 20.6. The van der Waals surface area contributed by atoms with Crippen molar-refractivity contribution in [1.29, 1.82) is 0 Å². The molecule has 1 aliphatic rings. The number of fused-ring (bicyclic) bond motifs is 1. The van der Waals surface area contributed by atoms with Crippen LogP contribution in [-0.4, -0.2) is 44.8 Å². The van der Waals surface area contributed by atoms with Gasteiger partial charge in [-0.1, -0.05) is 75.2 Å². The lowest BCUT2D eigenvalue weighted by Crippen LogP contribution is -2.56. The normalized spacial score (nSPS) is 19.3. The first-order valence-electron chi connectivity index (χ1n) is 14.6. The van der Waals surface area contributed by atoms with Gasteiger partial charge in [0.05, 0.1) is 17.4 Å². The maximum absolute atomic E-state index is 14.1. The molecule has 1 aromatic heterocycles. The maximum Gasteiger partial charge on any atom is 0.352 e. The first-order valence-corrected chi connectivity index (χ1v) is 15.0. The molecule has 43 heavy (non-hydrogen) atoms. The van der Waals surface area contributed by atoms with Crippen molar-refractivity contribution >= 4 is 52.2 Å². The number of hydrazone groups is 1. The number of nitrogens with two attached hydrogens (primary N) is 1. The number of benzene rings is 2. The Labute approximate surface area is 257 Å². The van der Waals surface area contributed by atoms with Gasteiger partial charge >= 0.3 is 5.97 Å². The second-order valence-electron chi connectivity index (χ2n) is 11.5. The lowest BCUT2D eigenvalue weighted by molar-refractivity contribution is -0.137. The van der Waals surface area contributed by atoms with Crippen LogP contribution < -0.4 is 21.8 Å². The molecule has 0 radical (unpaired) electrons. The van der Waals surface area contributed by atoms with E-state index in [0.717, 1.165) is 5.56 Å². The van der Waals surface area contributed by atoms with Crippen molar-refractivity contribution in [3.63, 3.8) is 0 Å². The smallest absolute Gasteiger partial charge is 0.352 e. The number of carbonyl (C=O) groups excluding carboxylic acids is 2. The zero-order valence-electron chi connectivity index (χ0n) is 24.8. The molecule has 1 fully saturated rings. The number of rotatable bonds is 11. The number of amides is 2. The molecule has 6 N–H and O–H groups in total. The molecule has 0 bridgehead atoms. The summed E-state index contributed by atoms with van der Waals surface area (Å²) in [6.07, 6.45) is 4.22. The minimum Gasteiger partial charge on any atom is -0.477 e. The number of carboxylic acid groups (broad SMARTS) is 1. The second-order valence-corrected chi connectivity index (χ2v) is 12.0. The van der Waals surface area contributed by atoms with Crippen molar-refractivity contribution in [2.24, 2.45) is 29.7 Å². The third kappa shape index (κ3) is 6.88. The van der Waals surface area contributed by atoms with Crippen molar-refractivity contribution in [2.75, 3.05) is 0 Å². The van der Waals surface area contributed by atoms with Crippen molar-refractivity contribution < 1.29 is 19.5 Å². The molecular formula is C32H40N6O4S. The van der Waals surface area contributed by atoms with Crippen LogP contribution in [0.25, 0.3) is 10.9 Å². The molecule has 4 rings (SSSR count). The zero-order valence-corrected chi connectivity index (χ0v) is 25.6. The number of hydrogen-bond donors (Lipinski definition) is 5. The Morgan fingerprint density at radius 2 is 1.84 bits per heavy atom. The molecule has 1 saturated carbocycles. The van der Waals surface area contributed by atoms with Crippen LogP contribution in [0.1, 0.15) is 67.6 Å². The Morgan fingerprint density at radius 1 is 1.14 bits per heavy atom. The molecule has 0 saturated heterocycles. The number of nitrogens with one attached hydrogen (secondary N) is 3. The molecule has 2 aromatic carbocycles. The van der Waals surface area contributed by atoms with Gasteiger partial charge in [0.2, 0.25) is 11.8 Å². The summed E-state index contributed by atoms with van der Waals surface area (Å²) in [5.41, 5.74) is 9.49. The van der Waals surface area contributed by atoms with Crippen LogP contribution in [-0.2, 0) is 28.6 Å². The van der Waals surface area contributed by atoms with E-state index >= 15 is 0 Å². The third-order valence-electron chi connectivity index (χ3n) is 8.19. The first kappa shape index (κ1) is 31.7. The number of primary amides is 1. The van der Waals surface area contributed by atoms with E-state index in [4.69, 9.17) is 18.0 Å². The molecular weight excluding hydrogens is 564 g/mol. The average molecular weight is 605 g/mol. The fourth-order valence-electron chi connectivity index (χ4n) is 6.29. The Hall–Kier alpha value is -4.25. The SMILES string of the molecule is CC(C)CC(C=NNC(=S)NCc1ccccc1)NC(=O)[C@@H]1CCCC[C@@]1(C(N)=O)c1c(C(=O)O)n(C)c2ccccc12. The number of carboxylic acids is 1. The quantitative estimate of drug-likeness (QED) is 0.126. The van der Waals surface area contributed by atoms with E-state index in [1.807, 2.05) is 50.2 Å². The number of aryl methyl sites for hydroxylation is 1. The number of aromatic nitrogens is 1. The lowest BCUT2D eigenvalue weighted by Gasteiger charge is -2.41. The minimum absolute atomic E-state index is 0.0271. The predicted molar refractivity (Wildman–Crippen MR) is 172 cm³/mol. The molecule has 3 aromatic rings. The monoisotopic (exact) mass is 604 g/mol. The van der Waals surface area contributed by atoms with Gasteiger partial charge in [-0.15, -0.1) is 0 Å². The topological polar surface area (TPSA) is 151 Å². The molecule has 1 unspecified atom stereocenters. The summed E-state index contributed by atoms with van der Waals surface area (Å²) in [4.78, 5) is 40.1. The maximum atomic E-state index is 14.1. The van der Waals surface area contributed by atoms with E-state index < -0.39 is 29.3 Å². The number of carbonyl (C=O) groups is 3. The minimum atomic E-state index is -1.49. The number of nitrogens with zero attached hydrogens (tertiary/aromatic N) is 2. The van der Waals surface area contributed by atoms with E-state index in [1.54, 1.807) is 36.0 Å². The van der Waals surface area contributed by atoms with Crippen LogP contribution in [0.3, 0.4) is 0 Å². The van der Waals surface area contributed by atoms with Gasteiger partial charge in [0.1, 0.15) is 5.69 Å². The van der Waals surface area contributed by atoms with Crippen molar-refractivity contribution in [3.05, 3.63) is 71.4 Å². The number of para-hydroxylation sites is 1. The van der Waals surface area contributed by atoms with Crippen molar-refractivity contribution in [2.45, 2.75) is 64.0 Å². The van der Waals surface area contributed by atoms with Gasteiger partial charge < -0.3 is 26.0 Å². The molecule has 0 spiro atoms. The molecule has 10 nitrogen and oxygen atoms in total. The lowest BCUT2D eigenvalue weighted by atomic mass is 9.60. The predicted octanol–water partition coefficient (Wildman–Crippen LogP) is 3.97. The van der Waals surface area contributed by atoms with Crippen LogP contribution in [0.2, 0.25) is 0 Å². The molecule has 1 heterocycles. The summed E-state index contributed by atoms with van der Waals surface area (Å²) < 4.78 is 1.57. The van der Waals surface area contributed by atoms with Crippen LogP contribution in [0, 0.1) is 11.8 Å².